The van der Waals surface area contributed by atoms with E-state index in [0.717, 1.165) is 25.3 Å². The Morgan fingerprint density at radius 1 is 1.53 bits per heavy atom. The van der Waals surface area contributed by atoms with E-state index in [0.29, 0.717) is 30.2 Å². The highest BCUT2D eigenvalue weighted by Gasteiger charge is 2.17. The largest absolute Gasteiger partial charge is 0.374 e. The van der Waals surface area contributed by atoms with E-state index >= 15 is 0 Å². The lowest BCUT2D eigenvalue weighted by Crippen LogP contribution is -2.39. The van der Waals surface area contributed by atoms with Crippen molar-refractivity contribution < 1.29 is 4.74 Å². The summed E-state index contributed by atoms with van der Waals surface area (Å²) in [7, 11) is 2.14. The fourth-order valence-corrected chi connectivity index (χ4v) is 2.49. The van der Waals surface area contributed by atoms with Crippen LogP contribution in [0.25, 0.3) is 0 Å². The summed E-state index contributed by atoms with van der Waals surface area (Å²) in [5.41, 5.74) is 0. The van der Waals surface area contributed by atoms with Crippen LogP contribution in [0.5, 0.6) is 0 Å². The second-order valence-corrected chi connectivity index (χ2v) is 5.26. The Balaban J connectivity index is 2.00. The molecule has 5 nitrogen and oxygen atoms in total. The molecule has 0 bridgehead atoms. The van der Waals surface area contributed by atoms with E-state index in [1.807, 2.05) is 6.92 Å². The van der Waals surface area contributed by atoms with Gasteiger partial charge in [-0.2, -0.15) is 0 Å². The van der Waals surface area contributed by atoms with Gasteiger partial charge in [0.1, 0.15) is 17.6 Å². The van der Waals surface area contributed by atoms with E-state index in [-0.39, 0.29) is 0 Å². The molecular formula is C13H21ClN4O. The number of anilines is 1. The van der Waals surface area contributed by atoms with Crippen molar-refractivity contribution in [3.63, 3.8) is 0 Å². The highest BCUT2D eigenvalue weighted by atomic mass is 35.5. The van der Waals surface area contributed by atoms with Crippen LogP contribution in [0.2, 0.25) is 5.15 Å². The topological polar surface area (TPSA) is 50.3 Å². The third kappa shape index (κ3) is 4.60. The fraction of sp³-hybridized carbons (Fsp3) is 0.692. The van der Waals surface area contributed by atoms with E-state index in [1.165, 1.54) is 6.42 Å². The summed E-state index contributed by atoms with van der Waals surface area (Å²) < 4.78 is 5.32. The van der Waals surface area contributed by atoms with Gasteiger partial charge in [0.25, 0.3) is 0 Å². The number of ether oxygens (including phenoxy) is 1. The number of likely N-dealkylation sites (tertiary alicyclic amines) is 1. The molecule has 0 aliphatic carbocycles. The van der Waals surface area contributed by atoms with Gasteiger partial charge < -0.3 is 15.0 Å². The molecule has 1 aliphatic rings. The molecular weight excluding hydrogens is 264 g/mol. The maximum absolute atomic E-state index is 6.02. The van der Waals surface area contributed by atoms with Crippen molar-refractivity contribution >= 4 is 17.4 Å². The Kier molecular flexibility index (Phi) is 5.36. The van der Waals surface area contributed by atoms with Crippen LogP contribution in [0.3, 0.4) is 0 Å². The first kappa shape index (κ1) is 14.5. The number of hydrogen-bond acceptors (Lipinski definition) is 5. The molecule has 1 unspecified atom stereocenters. The van der Waals surface area contributed by atoms with Gasteiger partial charge in [-0.15, -0.1) is 0 Å². The molecule has 0 aromatic carbocycles. The predicted octanol–water partition coefficient (Wildman–Crippen LogP) is 2.17. The molecule has 19 heavy (non-hydrogen) atoms. The number of hydrogen-bond donors (Lipinski definition) is 1. The Labute approximate surface area is 119 Å². The van der Waals surface area contributed by atoms with Gasteiger partial charge in [-0.3, -0.25) is 0 Å². The van der Waals surface area contributed by atoms with Crippen LogP contribution >= 0.6 is 11.6 Å². The quantitative estimate of drug-likeness (QED) is 0.840. The van der Waals surface area contributed by atoms with E-state index in [1.54, 1.807) is 6.07 Å². The molecule has 0 amide bonds. The van der Waals surface area contributed by atoms with Gasteiger partial charge in [-0.1, -0.05) is 11.6 Å². The van der Waals surface area contributed by atoms with Crippen LogP contribution < -0.4 is 5.32 Å². The number of nitrogens with zero attached hydrogens (tertiary/aromatic N) is 3. The van der Waals surface area contributed by atoms with Crippen LogP contribution in [0.15, 0.2) is 6.07 Å². The second-order valence-electron chi connectivity index (χ2n) is 4.88. The van der Waals surface area contributed by atoms with Crippen LogP contribution in [0.1, 0.15) is 25.6 Å². The number of piperidine rings is 1. The average Bonchev–Trinajstić information content (AvgIpc) is 2.35. The zero-order valence-electron chi connectivity index (χ0n) is 11.5. The lowest BCUT2D eigenvalue weighted by molar-refractivity contribution is 0.128. The Bertz CT molecular complexity index is 416. The van der Waals surface area contributed by atoms with E-state index < -0.39 is 0 Å². The fourth-order valence-electron chi connectivity index (χ4n) is 2.29. The minimum Gasteiger partial charge on any atom is -0.374 e. The molecule has 1 saturated heterocycles. The standard InChI is InChI=1S/C13H21ClN4O/c1-3-19-9-13-16-11(14)7-12(17-13)15-10-5-4-6-18(2)8-10/h7,10H,3-6,8-9H2,1-2H3,(H,15,16,17). The Morgan fingerprint density at radius 2 is 2.37 bits per heavy atom. The minimum atomic E-state index is 0.399. The highest BCUT2D eigenvalue weighted by Crippen LogP contribution is 2.17. The first-order valence-corrected chi connectivity index (χ1v) is 7.11. The summed E-state index contributed by atoms with van der Waals surface area (Å²) in [6.45, 7) is 5.19. The maximum Gasteiger partial charge on any atom is 0.158 e. The molecule has 1 N–H and O–H groups in total. The molecule has 1 aromatic heterocycles. The summed E-state index contributed by atoms with van der Waals surface area (Å²) >= 11 is 6.02. The van der Waals surface area contributed by atoms with E-state index in [2.05, 4.69) is 27.2 Å². The molecule has 1 atom stereocenters. The Morgan fingerprint density at radius 3 is 3.11 bits per heavy atom. The number of likely N-dealkylation sites (N-methyl/N-ethyl adjacent to an activating group) is 1. The van der Waals surface area contributed by atoms with Crippen molar-refractivity contribution in [2.75, 3.05) is 32.1 Å². The summed E-state index contributed by atoms with van der Waals surface area (Å²) in [4.78, 5) is 10.9. The molecule has 1 aliphatic heterocycles. The van der Waals surface area contributed by atoms with E-state index in [4.69, 9.17) is 16.3 Å². The lowest BCUT2D eigenvalue weighted by Gasteiger charge is -2.30. The van der Waals surface area contributed by atoms with Crippen molar-refractivity contribution in [1.82, 2.24) is 14.9 Å². The van der Waals surface area contributed by atoms with Gasteiger partial charge in [0.15, 0.2) is 5.82 Å². The molecule has 2 rings (SSSR count). The monoisotopic (exact) mass is 284 g/mol. The highest BCUT2D eigenvalue weighted by molar-refractivity contribution is 6.29. The maximum atomic E-state index is 6.02. The van der Waals surface area contributed by atoms with Gasteiger partial charge in [-0.05, 0) is 33.4 Å². The smallest absolute Gasteiger partial charge is 0.158 e. The van der Waals surface area contributed by atoms with Crippen LogP contribution in [-0.4, -0.2) is 47.7 Å². The Hall–Kier alpha value is -0.910. The van der Waals surface area contributed by atoms with Crippen LogP contribution in [0.4, 0.5) is 5.82 Å². The molecule has 6 heteroatoms. The summed E-state index contributed by atoms with van der Waals surface area (Å²) in [5, 5.41) is 3.89. The molecule has 2 heterocycles. The number of nitrogens with one attached hydrogen (secondary N) is 1. The van der Waals surface area contributed by atoms with Gasteiger partial charge in [-0.25, -0.2) is 9.97 Å². The third-order valence-corrected chi connectivity index (χ3v) is 3.35. The van der Waals surface area contributed by atoms with Crippen LogP contribution in [0, 0.1) is 0 Å². The van der Waals surface area contributed by atoms with Crippen LogP contribution in [-0.2, 0) is 11.3 Å². The SMILES string of the molecule is CCOCc1nc(Cl)cc(NC2CCCN(C)C2)n1. The zero-order chi connectivity index (χ0) is 13.7. The molecule has 0 spiro atoms. The van der Waals surface area contributed by atoms with Crippen molar-refractivity contribution in [2.24, 2.45) is 0 Å². The second kappa shape index (κ2) is 7.03. The van der Waals surface area contributed by atoms with Crippen molar-refractivity contribution in [2.45, 2.75) is 32.4 Å². The average molecular weight is 285 g/mol. The van der Waals surface area contributed by atoms with Gasteiger partial charge in [0, 0.05) is 25.3 Å². The van der Waals surface area contributed by atoms with Crippen molar-refractivity contribution in [3.05, 3.63) is 17.0 Å². The lowest BCUT2D eigenvalue weighted by atomic mass is 10.1. The minimum absolute atomic E-state index is 0.399. The summed E-state index contributed by atoms with van der Waals surface area (Å²) in [6, 6.07) is 2.19. The zero-order valence-corrected chi connectivity index (χ0v) is 12.3. The number of rotatable bonds is 5. The molecule has 1 fully saturated rings. The summed E-state index contributed by atoms with van der Waals surface area (Å²) in [6.07, 6.45) is 2.37. The molecule has 0 radical (unpaired) electrons. The normalized spacial score (nSPS) is 20.5. The third-order valence-electron chi connectivity index (χ3n) is 3.15. The van der Waals surface area contributed by atoms with Crippen molar-refractivity contribution in [3.8, 4) is 0 Å². The predicted molar refractivity (Wildman–Crippen MR) is 76.5 cm³/mol. The summed E-state index contributed by atoms with van der Waals surface area (Å²) in [5.74, 6) is 1.41. The van der Waals surface area contributed by atoms with Gasteiger partial charge in [0.05, 0.1) is 0 Å². The number of halogens is 1. The van der Waals surface area contributed by atoms with Gasteiger partial charge in [0.2, 0.25) is 0 Å². The molecule has 106 valence electrons. The van der Waals surface area contributed by atoms with E-state index in [9.17, 15) is 0 Å². The van der Waals surface area contributed by atoms with Gasteiger partial charge >= 0.3 is 0 Å². The first-order chi connectivity index (χ1) is 9.17. The molecule has 0 saturated carbocycles. The number of aromatic nitrogens is 2. The van der Waals surface area contributed by atoms with Crippen molar-refractivity contribution in [1.29, 1.82) is 0 Å². The first-order valence-electron chi connectivity index (χ1n) is 6.73. The molecule has 1 aromatic rings.